The van der Waals surface area contributed by atoms with Gasteiger partial charge in [0.15, 0.2) is 0 Å². The predicted octanol–water partition coefficient (Wildman–Crippen LogP) is 0.582. The van der Waals surface area contributed by atoms with Gasteiger partial charge in [-0.3, -0.25) is 10.7 Å². The van der Waals surface area contributed by atoms with Crippen LogP contribution in [0.15, 0.2) is 23.2 Å². The highest BCUT2D eigenvalue weighted by molar-refractivity contribution is 5.76. The fourth-order valence-corrected chi connectivity index (χ4v) is 1.09. The molecule has 6 heteroatoms. The van der Waals surface area contributed by atoms with Crippen molar-refractivity contribution in [1.29, 1.82) is 0 Å². The number of benzene rings is 1. The van der Waals surface area contributed by atoms with E-state index < -0.39 is 0 Å². The van der Waals surface area contributed by atoms with Crippen molar-refractivity contribution in [2.75, 3.05) is 10.9 Å². The topological polar surface area (TPSA) is 80.7 Å². The van der Waals surface area contributed by atoms with Gasteiger partial charge in [-0.05, 0) is 18.2 Å². The molecule has 0 saturated heterocycles. The van der Waals surface area contributed by atoms with Crippen molar-refractivity contribution in [2.24, 2.45) is 4.99 Å². The van der Waals surface area contributed by atoms with Crippen LogP contribution in [0, 0.1) is 0 Å². The number of nitrogens with zero attached hydrogens (tertiary/aromatic N) is 1. The van der Waals surface area contributed by atoms with Crippen molar-refractivity contribution in [1.82, 2.24) is 11.0 Å². The molecule has 0 saturated carbocycles. The lowest BCUT2D eigenvalue weighted by Crippen LogP contribution is -2.19. The third-order valence-corrected chi connectivity index (χ3v) is 1.67. The molecule has 0 fully saturated rings. The quantitative estimate of drug-likeness (QED) is 0.261. The number of hydrazine groups is 2. The molecule has 0 amide bonds. The van der Waals surface area contributed by atoms with Gasteiger partial charge in [-0.2, -0.15) is 0 Å². The summed E-state index contributed by atoms with van der Waals surface area (Å²) in [5.74, 6) is 0. The van der Waals surface area contributed by atoms with Gasteiger partial charge in [0.1, 0.15) is 6.34 Å². The number of rotatable bonds is 2. The van der Waals surface area contributed by atoms with E-state index in [0.29, 0.717) is 0 Å². The summed E-state index contributed by atoms with van der Waals surface area (Å²) >= 11 is 0. The molecule has 0 spiro atoms. The zero-order valence-corrected chi connectivity index (χ0v) is 6.70. The van der Waals surface area contributed by atoms with E-state index >= 15 is 0 Å². The molecule has 0 unspecified atom stereocenters. The summed E-state index contributed by atoms with van der Waals surface area (Å²) < 4.78 is 0. The maximum atomic E-state index is 8.28. The molecule has 0 atom stereocenters. The van der Waals surface area contributed by atoms with Gasteiger partial charge in [0.25, 0.3) is 0 Å². The molecule has 1 heterocycles. The Kier molecular flexibility index (Phi) is 1.99. The molecule has 1 aliphatic rings. The van der Waals surface area contributed by atoms with Crippen molar-refractivity contribution in [3.63, 3.8) is 0 Å². The van der Waals surface area contributed by atoms with Crippen molar-refractivity contribution in [2.45, 2.75) is 0 Å². The minimum Gasteiger partial charge on any atom is -0.302 e. The van der Waals surface area contributed by atoms with Crippen LogP contribution in [0.3, 0.4) is 0 Å². The van der Waals surface area contributed by atoms with E-state index in [1.54, 1.807) is 0 Å². The summed E-state index contributed by atoms with van der Waals surface area (Å²) in [5, 5.41) is 8.28. The van der Waals surface area contributed by atoms with Crippen molar-refractivity contribution >= 4 is 23.4 Å². The number of anilines is 2. The van der Waals surface area contributed by atoms with E-state index in [4.69, 9.17) is 5.21 Å². The number of hydrogen-bond donors (Lipinski definition) is 5. The number of nitrogens with one attached hydrogen (secondary N) is 4. The average Bonchev–Trinajstić information content (AvgIpc) is 2.61. The first kappa shape index (κ1) is 7.84. The zero-order valence-electron chi connectivity index (χ0n) is 6.70. The lowest BCUT2D eigenvalue weighted by atomic mass is 10.2. The third kappa shape index (κ3) is 1.53. The van der Waals surface area contributed by atoms with E-state index in [2.05, 4.69) is 21.4 Å². The van der Waals surface area contributed by atoms with Crippen molar-refractivity contribution < 1.29 is 5.21 Å². The molecule has 1 aromatic carbocycles. The molecule has 68 valence electrons. The maximum absolute atomic E-state index is 8.28. The van der Waals surface area contributed by atoms with Gasteiger partial charge in [0.05, 0.1) is 17.1 Å². The summed E-state index contributed by atoms with van der Waals surface area (Å²) in [6.45, 7) is 0. The molecule has 0 radical (unpaired) electrons. The molecule has 2 rings (SSSR count). The number of hydrogen-bond acceptors (Lipinski definition) is 5. The Bertz CT molecular complexity index is 338. The second kappa shape index (κ2) is 3.30. The molecule has 0 aliphatic carbocycles. The fourth-order valence-electron chi connectivity index (χ4n) is 1.09. The highest BCUT2D eigenvalue weighted by Gasteiger charge is 2.07. The Labute approximate surface area is 74.6 Å². The van der Waals surface area contributed by atoms with Gasteiger partial charge in [0.2, 0.25) is 0 Å². The van der Waals surface area contributed by atoms with Gasteiger partial charge in [0, 0.05) is 0 Å². The van der Waals surface area contributed by atoms with Gasteiger partial charge < -0.3 is 10.9 Å². The largest absolute Gasteiger partial charge is 0.302 e. The lowest BCUT2D eigenvalue weighted by Gasteiger charge is -1.97. The smallest absolute Gasteiger partial charge is 0.113 e. The minimum atomic E-state index is 0.748. The summed E-state index contributed by atoms with van der Waals surface area (Å²) in [4.78, 5) is 3.92. The van der Waals surface area contributed by atoms with Crippen LogP contribution in [-0.2, 0) is 0 Å². The Morgan fingerprint density at radius 3 is 3.00 bits per heavy atom. The molecule has 0 bridgehead atoms. The Balaban J connectivity index is 2.25. The molecule has 13 heavy (non-hydrogen) atoms. The van der Waals surface area contributed by atoms with Gasteiger partial charge in [-0.15, -0.1) is 5.53 Å². The number of hydroxylamine groups is 1. The fraction of sp³-hybridized carbons (Fsp3) is 0. The number of aliphatic imine (C=N–C) groups is 1. The highest BCUT2D eigenvalue weighted by atomic mass is 16.5. The van der Waals surface area contributed by atoms with Crippen LogP contribution in [0.5, 0.6) is 0 Å². The number of fused-ring (bicyclic) bond motifs is 1. The lowest BCUT2D eigenvalue weighted by molar-refractivity contribution is 0.240. The van der Waals surface area contributed by atoms with Gasteiger partial charge in [-0.1, -0.05) is 0 Å². The van der Waals surface area contributed by atoms with Gasteiger partial charge >= 0.3 is 0 Å². The first-order valence-corrected chi connectivity index (χ1v) is 3.73. The molecule has 5 N–H and O–H groups in total. The standard InChI is InChI=1S/C7H9N5O/c13-9-4-8-5-1-2-6-7(3-5)11-12-10-6/h1-4,10-13H,(H,8,9). The van der Waals surface area contributed by atoms with Crippen LogP contribution in [0.4, 0.5) is 17.1 Å². The average molecular weight is 179 g/mol. The first-order valence-electron chi connectivity index (χ1n) is 3.73. The van der Waals surface area contributed by atoms with Crippen LogP contribution >= 0.6 is 0 Å². The van der Waals surface area contributed by atoms with E-state index in [9.17, 15) is 0 Å². The van der Waals surface area contributed by atoms with Crippen LogP contribution in [0.1, 0.15) is 0 Å². The van der Waals surface area contributed by atoms with Crippen LogP contribution < -0.4 is 21.9 Å². The summed E-state index contributed by atoms with van der Waals surface area (Å²) in [6.07, 6.45) is 1.21. The van der Waals surface area contributed by atoms with E-state index in [1.165, 1.54) is 6.34 Å². The molecular formula is C7H9N5O. The Morgan fingerprint density at radius 1 is 1.31 bits per heavy atom. The van der Waals surface area contributed by atoms with E-state index in [-0.39, 0.29) is 0 Å². The summed E-state index contributed by atoms with van der Waals surface area (Å²) in [6, 6.07) is 5.55. The minimum absolute atomic E-state index is 0.748. The van der Waals surface area contributed by atoms with E-state index in [0.717, 1.165) is 17.1 Å². The first-order chi connectivity index (χ1) is 6.40. The molecule has 1 aliphatic heterocycles. The van der Waals surface area contributed by atoms with Crippen LogP contribution in [-0.4, -0.2) is 11.5 Å². The van der Waals surface area contributed by atoms with Gasteiger partial charge in [-0.25, -0.2) is 4.99 Å². The molecule has 1 aromatic rings. The maximum Gasteiger partial charge on any atom is 0.113 e. The van der Waals surface area contributed by atoms with Crippen molar-refractivity contribution in [3.05, 3.63) is 18.2 Å². The molecular weight excluding hydrogens is 170 g/mol. The highest BCUT2D eigenvalue weighted by Crippen LogP contribution is 2.28. The monoisotopic (exact) mass is 179 g/mol. The molecule has 6 nitrogen and oxygen atoms in total. The second-order valence-electron chi connectivity index (χ2n) is 2.49. The predicted molar refractivity (Wildman–Crippen MR) is 49.9 cm³/mol. The Hall–Kier alpha value is -1.79. The summed E-state index contributed by atoms with van der Waals surface area (Å²) in [5.41, 5.74) is 13.0. The zero-order chi connectivity index (χ0) is 9.10. The van der Waals surface area contributed by atoms with Crippen LogP contribution in [0.2, 0.25) is 0 Å². The normalized spacial score (nSPS) is 13.6. The summed E-state index contributed by atoms with van der Waals surface area (Å²) in [7, 11) is 0. The van der Waals surface area contributed by atoms with E-state index in [1.807, 2.05) is 23.7 Å². The SMILES string of the molecule is ONC=Nc1ccc2c(c1)NNN2. The van der Waals surface area contributed by atoms with Crippen molar-refractivity contribution in [3.8, 4) is 0 Å². The second-order valence-corrected chi connectivity index (χ2v) is 2.49. The van der Waals surface area contributed by atoms with Crippen LogP contribution in [0.25, 0.3) is 0 Å². The Morgan fingerprint density at radius 2 is 2.15 bits per heavy atom. The third-order valence-electron chi connectivity index (χ3n) is 1.67. The molecule has 0 aromatic heterocycles.